The lowest BCUT2D eigenvalue weighted by molar-refractivity contribution is -0.130. The van der Waals surface area contributed by atoms with Crippen LogP contribution in [0.5, 0.6) is 5.75 Å². The van der Waals surface area contributed by atoms with Crippen LogP contribution in [0.25, 0.3) is 0 Å². The zero-order chi connectivity index (χ0) is 20.1. The van der Waals surface area contributed by atoms with Crippen molar-refractivity contribution in [2.45, 2.75) is 24.2 Å². The molecule has 8 heteroatoms. The topological polar surface area (TPSA) is 66.9 Å². The molecule has 1 aliphatic heterocycles. The molecule has 28 heavy (non-hydrogen) atoms. The molecule has 0 bridgehead atoms. The third-order valence-corrected chi connectivity index (χ3v) is 6.75. The van der Waals surface area contributed by atoms with Crippen LogP contribution in [0.1, 0.15) is 19.3 Å². The number of carbonyl (C=O) groups is 1. The van der Waals surface area contributed by atoms with Crippen LogP contribution in [0.2, 0.25) is 5.02 Å². The number of halogens is 1. The van der Waals surface area contributed by atoms with Crippen molar-refractivity contribution in [3.05, 3.63) is 53.6 Å². The summed E-state index contributed by atoms with van der Waals surface area (Å²) in [5.74, 6) is 0.342. The molecular weight excluding hydrogens is 400 g/mol. The second kappa shape index (κ2) is 8.84. The normalized spacial score (nSPS) is 14.6. The van der Waals surface area contributed by atoms with Crippen molar-refractivity contribution in [1.29, 1.82) is 0 Å². The first kappa shape index (κ1) is 20.5. The summed E-state index contributed by atoms with van der Waals surface area (Å²) in [4.78, 5) is 14.6. The Morgan fingerprint density at radius 3 is 2.39 bits per heavy atom. The van der Waals surface area contributed by atoms with Crippen LogP contribution in [0.4, 0.5) is 5.69 Å². The molecule has 0 aromatic heterocycles. The molecule has 0 radical (unpaired) electrons. The van der Waals surface area contributed by atoms with E-state index in [-0.39, 0.29) is 17.3 Å². The maximum Gasteiger partial charge on any atom is 0.264 e. The van der Waals surface area contributed by atoms with E-state index < -0.39 is 10.0 Å². The molecule has 1 saturated heterocycles. The molecule has 0 N–H and O–H groups in total. The van der Waals surface area contributed by atoms with Gasteiger partial charge in [0.15, 0.2) is 0 Å². The Bertz CT molecular complexity index is 925. The number of likely N-dealkylation sites (tertiary alicyclic amines) is 1. The van der Waals surface area contributed by atoms with Crippen LogP contribution < -0.4 is 9.04 Å². The molecule has 2 aromatic carbocycles. The van der Waals surface area contributed by atoms with E-state index in [0.29, 0.717) is 29.5 Å². The van der Waals surface area contributed by atoms with Crippen LogP contribution in [0, 0.1) is 0 Å². The SMILES string of the molecule is COc1ccc(S(=O)(=O)N(CC(=O)N2CCCCC2)c2cccc(Cl)c2)cc1. The van der Waals surface area contributed by atoms with Gasteiger partial charge in [-0.2, -0.15) is 0 Å². The van der Waals surface area contributed by atoms with Gasteiger partial charge in [0.1, 0.15) is 12.3 Å². The van der Waals surface area contributed by atoms with E-state index >= 15 is 0 Å². The molecule has 0 spiro atoms. The lowest BCUT2D eigenvalue weighted by atomic mass is 10.1. The van der Waals surface area contributed by atoms with Crippen molar-refractivity contribution in [3.63, 3.8) is 0 Å². The molecule has 2 aromatic rings. The van der Waals surface area contributed by atoms with E-state index in [1.54, 1.807) is 41.3 Å². The monoisotopic (exact) mass is 422 g/mol. The van der Waals surface area contributed by atoms with Gasteiger partial charge in [0.05, 0.1) is 17.7 Å². The number of ether oxygens (including phenoxy) is 1. The number of methoxy groups -OCH3 is 1. The first-order chi connectivity index (χ1) is 13.4. The van der Waals surface area contributed by atoms with E-state index in [4.69, 9.17) is 16.3 Å². The number of anilines is 1. The summed E-state index contributed by atoms with van der Waals surface area (Å²) >= 11 is 6.08. The van der Waals surface area contributed by atoms with Gasteiger partial charge in [0, 0.05) is 18.1 Å². The molecule has 3 rings (SSSR count). The number of carbonyl (C=O) groups excluding carboxylic acids is 1. The predicted molar refractivity (Wildman–Crippen MR) is 109 cm³/mol. The zero-order valence-electron chi connectivity index (χ0n) is 15.7. The Labute approximate surface area is 170 Å². The Morgan fingerprint density at radius 1 is 1.11 bits per heavy atom. The smallest absolute Gasteiger partial charge is 0.264 e. The Kier molecular flexibility index (Phi) is 6.46. The van der Waals surface area contributed by atoms with Crippen LogP contribution in [0.15, 0.2) is 53.4 Å². The van der Waals surface area contributed by atoms with E-state index in [2.05, 4.69) is 0 Å². The van der Waals surface area contributed by atoms with Crippen LogP contribution in [0.3, 0.4) is 0 Å². The molecule has 0 aliphatic carbocycles. The van der Waals surface area contributed by atoms with Gasteiger partial charge in [0.25, 0.3) is 10.0 Å². The minimum atomic E-state index is -3.96. The van der Waals surface area contributed by atoms with Crippen molar-refractivity contribution < 1.29 is 17.9 Å². The highest BCUT2D eigenvalue weighted by Crippen LogP contribution is 2.27. The minimum absolute atomic E-state index is 0.0831. The Balaban J connectivity index is 1.95. The van der Waals surface area contributed by atoms with Crippen molar-refractivity contribution in [1.82, 2.24) is 4.90 Å². The second-order valence-corrected chi connectivity index (χ2v) is 8.91. The third-order valence-electron chi connectivity index (χ3n) is 4.73. The van der Waals surface area contributed by atoms with Gasteiger partial charge in [-0.15, -0.1) is 0 Å². The van der Waals surface area contributed by atoms with E-state index in [9.17, 15) is 13.2 Å². The molecule has 0 atom stereocenters. The van der Waals surface area contributed by atoms with Crippen molar-refractivity contribution in [3.8, 4) is 5.75 Å². The Morgan fingerprint density at radius 2 is 1.79 bits per heavy atom. The van der Waals surface area contributed by atoms with Crippen molar-refractivity contribution >= 4 is 33.2 Å². The summed E-state index contributed by atoms with van der Waals surface area (Å²) in [6.07, 6.45) is 2.97. The molecule has 1 aliphatic rings. The van der Waals surface area contributed by atoms with Gasteiger partial charge in [-0.25, -0.2) is 8.42 Å². The highest BCUT2D eigenvalue weighted by molar-refractivity contribution is 7.92. The quantitative estimate of drug-likeness (QED) is 0.713. The molecule has 1 heterocycles. The molecule has 6 nitrogen and oxygen atoms in total. The summed E-state index contributed by atoms with van der Waals surface area (Å²) < 4.78 is 32.9. The third kappa shape index (κ3) is 4.59. The number of rotatable bonds is 6. The fourth-order valence-electron chi connectivity index (χ4n) is 3.19. The van der Waals surface area contributed by atoms with Gasteiger partial charge in [-0.05, 0) is 61.7 Å². The van der Waals surface area contributed by atoms with Gasteiger partial charge in [0.2, 0.25) is 5.91 Å². The van der Waals surface area contributed by atoms with Gasteiger partial charge >= 0.3 is 0 Å². The average Bonchev–Trinajstić information content (AvgIpc) is 2.72. The number of sulfonamides is 1. The Hall–Kier alpha value is -2.25. The van der Waals surface area contributed by atoms with E-state index in [1.807, 2.05) is 0 Å². The molecule has 1 amide bonds. The highest BCUT2D eigenvalue weighted by Gasteiger charge is 2.29. The maximum atomic E-state index is 13.3. The van der Waals surface area contributed by atoms with Gasteiger partial charge in [-0.3, -0.25) is 9.10 Å². The number of hydrogen-bond acceptors (Lipinski definition) is 4. The molecule has 1 fully saturated rings. The fraction of sp³-hybridized carbons (Fsp3) is 0.350. The van der Waals surface area contributed by atoms with Crippen LogP contribution in [-0.2, 0) is 14.8 Å². The van der Waals surface area contributed by atoms with Gasteiger partial charge < -0.3 is 9.64 Å². The summed E-state index contributed by atoms with van der Waals surface area (Å²) in [6, 6.07) is 12.6. The van der Waals surface area contributed by atoms with Gasteiger partial charge in [-0.1, -0.05) is 17.7 Å². The number of piperidine rings is 1. The summed E-state index contributed by atoms with van der Waals surface area (Å²) in [7, 11) is -2.44. The largest absolute Gasteiger partial charge is 0.497 e. The molecule has 0 unspecified atom stereocenters. The predicted octanol–water partition coefficient (Wildman–Crippen LogP) is 3.56. The van der Waals surface area contributed by atoms with Crippen molar-refractivity contribution in [2.24, 2.45) is 0 Å². The molecular formula is C20H23ClN2O4S. The summed E-state index contributed by atoms with van der Waals surface area (Å²) in [6.45, 7) is 1.05. The lowest BCUT2D eigenvalue weighted by Gasteiger charge is -2.30. The first-order valence-corrected chi connectivity index (χ1v) is 10.9. The second-order valence-electron chi connectivity index (χ2n) is 6.61. The van der Waals surface area contributed by atoms with Crippen LogP contribution >= 0.6 is 11.6 Å². The van der Waals surface area contributed by atoms with Crippen molar-refractivity contribution in [2.75, 3.05) is 31.0 Å². The summed E-state index contributed by atoms with van der Waals surface area (Å²) in [5, 5.41) is 0.401. The zero-order valence-corrected chi connectivity index (χ0v) is 17.2. The number of amides is 1. The highest BCUT2D eigenvalue weighted by atomic mass is 35.5. The fourth-order valence-corrected chi connectivity index (χ4v) is 4.78. The maximum absolute atomic E-state index is 13.3. The number of benzene rings is 2. The summed E-state index contributed by atoms with van der Waals surface area (Å²) in [5.41, 5.74) is 0.355. The minimum Gasteiger partial charge on any atom is -0.497 e. The number of hydrogen-bond donors (Lipinski definition) is 0. The first-order valence-electron chi connectivity index (χ1n) is 9.12. The lowest BCUT2D eigenvalue weighted by Crippen LogP contribution is -2.44. The van der Waals surface area contributed by atoms with E-state index in [0.717, 1.165) is 23.6 Å². The standard InChI is InChI=1S/C20H23ClN2O4S/c1-27-18-8-10-19(11-9-18)28(25,26)23(17-7-5-6-16(21)14-17)15-20(24)22-12-3-2-4-13-22/h5-11,14H,2-4,12-13,15H2,1H3. The van der Waals surface area contributed by atoms with Crippen LogP contribution in [-0.4, -0.2) is 46.0 Å². The molecule has 150 valence electrons. The molecule has 0 saturated carbocycles. The van der Waals surface area contributed by atoms with E-state index in [1.165, 1.54) is 19.2 Å². The number of nitrogens with zero attached hydrogens (tertiary/aromatic N) is 2. The average molecular weight is 423 g/mol.